The highest BCUT2D eigenvalue weighted by molar-refractivity contribution is 5.82. The van der Waals surface area contributed by atoms with E-state index in [2.05, 4.69) is 11.5 Å². The molecule has 0 radical (unpaired) electrons. The lowest BCUT2D eigenvalue weighted by Crippen LogP contribution is -2.49. The van der Waals surface area contributed by atoms with E-state index in [0.29, 0.717) is 6.54 Å². The fourth-order valence-electron chi connectivity index (χ4n) is 1.82. The van der Waals surface area contributed by atoms with Crippen LogP contribution in [0.5, 0.6) is 0 Å². The van der Waals surface area contributed by atoms with Crippen LogP contribution in [0.15, 0.2) is 12.7 Å². The molecule has 2 N–H and O–H groups in total. The van der Waals surface area contributed by atoms with Gasteiger partial charge < -0.3 is 10.6 Å². The zero-order chi connectivity index (χ0) is 10.6. The van der Waals surface area contributed by atoms with Gasteiger partial charge >= 0.3 is 0 Å². The SMILES string of the molecule is C=CCN1CCCN(C)C(=O)C1CN. The summed E-state index contributed by atoms with van der Waals surface area (Å²) in [4.78, 5) is 15.7. The highest BCUT2D eigenvalue weighted by atomic mass is 16.2. The van der Waals surface area contributed by atoms with Crippen molar-refractivity contribution in [3.63, 3.8) is 0 Å². The fraction of sp³-hybridized carbons (Fsp3) is 0.700. The van der Waals surface area contributed by atoms with Gasteiger partial charge in [-0.15, -0.1) is 6.58 Å². The molecule has 0 bridgehead atoms. The lowest BCUT2D eigenvalue weighted by molar-refractivity contribution is -0.133. The molecule has 1 heterocycles. The van der Waals surface area contributed by atoms with E-state index in [1.165, 1.54) is 0 Å². The molecule has 1 amide bonds. The standard InChI is InChI=1S/C10H19N3O/c1-3-5-13-7-4-6-12(2)10(14)9(13)8-11/h3,9H,1,4-8,11H2,2H3. The molecule has 1 atom stereocenters. The number of rotatable bonds is 3. The number of nitrogens with two attached hydrogens (primary N) is 1. The number of likely N-dealkylation sites (N-methyl/N-ethyl adjacent to an activating group) is 1. The molecule has 0 aromatic carbocycles. The van der Waals surface area contributed by atoms with Gasteiger partial charge in [0.1, 0.15) is 6.04 Å². The average Bonchev–Trinajstić information content (AvgIpc) is 2.29. The Morgan fingerprint density at radius 2 is 2.36 bits per heavy atom. The van der Waals surface area contributed by atoms with Crippen LogP contribution in [0.2, 0.25) is 0 Å². The number of nitrogens with zero attached hydrogens (tertiary/aromatic N) is 2. The zero-order valence-corrected chi connectivity index (χ0v) is 8.78. The second kappa shape index (κ2) is 5.12. The van der Waals surface area contributed by atoms with Gasteiger partial charge in [-0.3, -0.25) is 9.69 Å². The minimum atomic E-state index is -0.166. The maximum absolute atomic E-state index is 11.8. The van der Waals surface area contributed by atoms with Gasteiger partial charge in [0.05, 0.1) is 0 Å². The first kappa shape index (κ1) is 11.2. The quantitative estimate of drug-likeness (QED) is 0.630. The third kappa shape index (κ3) is 2.33. The summed E-state index contributed by atoms with van der Waals surface area (Å²) in [5, 5.41) is 0. The first-order valence-corrected chi connectivity index (χ1v) is 5.00. The molecule has 0 saturated carbocycles. The molecule has 1 unspecified atom stereocenters. The number of carbonyl (C=O) groups excluding carboxylic acids is 1. The van der Waals surface area contributed by atoms with Crippen molar-refractivity contribution in [1.29, 1.82) is 0 Å². The normalized spacial score (nSPS) is 24.9. The van der Waals surface area contributed by atoms with Crippen molar-refractivity contribution in [3.05, 3.63) is 12.7 Å². The molecule has 80 valence electrons. The molecule has 0 spiro atoms. The second-order valence-corrected chi connectivity index (χ2v) is 3.65. The molecule has 0 aliphatic carbocycles. The molecule has 4 nitrogen and oxygen atoms in total. The molecule has 4 heteroatoms. The molecular formula is C10H19N3O. The molecule has 1 aliphatic rings. The highest BCUT2D eigenvalue weighted by Gasteiger charge is 2.28. The summed E-state index contributed by atoms with van der Waals surface area (Å²) in [6.07, 6.45) is 2.83. The van der Waals surface area contributed by atoms with Crippen LogP contribution in [-0.4, -0.2) is 55.0 Å². The molecule has 0 aromatic heterocycles. The fourth-order valence-corrected chi connectivity index (χ4v) is 1.82. The van der Waals surface area contributed by atoms with E-state index in [1.54, 1.807) is 4.90 Å². The number of amides is 1. The third-order valence-corrected chi connectivity index (χ3v) is 2.63. The van der Waals surface area contributed by atoms with Crippen LogP contribution in [0.1, 0.15) is 6.42 Å². The second-order valence-electron chi connectivity index (χ2n) is 3.65. The Hall–Kier alpha value is -0.870. The average molecular weight is 197 g/mol. The predicted molar refractivity (Wildman–Crippen MR) is 56.9 cm³/mol. The number of hydrogen-bond acceptors (Lipinski definition) is 3. The van der Waals surface area contributed by atoms with Gasteiger partial charge in [-0.25, -0.2) is 0 Å². The van der Waals surface area contributed by atoms with Crippen LogP contribution in [0, 0.1) is 0 Å². The zero-order valence-electron chi connectivity index (χ0n) is 8.78. The Bertz CT molecular complexity index is 217. The smallest absolute Gasteiger partial charge is 0.240 e. The van der Waals surface area contributed by atoms with Gasteiger partial charge in [-0.1, -0.05) is 6.08 Å². The Kier molecular flexibility index (Phi) is 4.10. The van der Waals surface area contributed by atoms with Crippen LogP contribution in [0.25, 0.3) is 0 Å². The molecule has 1 fully saturated rings. The monoisotopic (exact) mass is 197 g/mol. The van der Waals surface area contributed by atoms with Crippen LogP contribution in [0.4, 0.5) is 0 Å². The topological polar surface area (TPSA) is 49.6 Å². The van der Waals surface area contributed by atoms with E-state index < -0.39 is 0 Å². The maximum atomic E-state index is 11.8. The van der Waals surface area contributed by atoms with Gasteiger partial charge in [0.25, 0.3) is 0 Å². The number of carbonyl (C=O) groups is 1. The van der Waals surface area contributed by atoms with Crippen molar-refractivity contribution in [2.24, 2.45) is 5.73 Å². The van der Waals surface area contributed by atoms with E-state index in [1.807, 2.05) is 13.1 Å². The van der Waals surface area contributed by atoms with E-state index in [0.717, 1.165) is 26.1 Å². The largest absolute Gasteiger partial charge is 0.344 e. The number of hydrogen-bond donors (Lipinski definition) is 1. The van der Waals surface area contributed by atoms with E-state index >= 15 is 0 Å². The highest BCUT2D eigenvalue weighted by Crippen LogP contribution is 2.09. The van der Waals surface area contributed by atoms with E-state index in [4.69, 9.17) is 5.73 Å². The molecule has 14 heavy (non-hydrogen) atoms. The van der Waals surface area contributed by atoms with Crippen molar-refractivity contribution in [3.8, 4) is 0 Å². The molecule has 0 aromatic rings. The van der Waals surface area contributed by atoms with Crippen molar-refractivity contribution < 1.29 is 4.79 Å². The van der Waals surface area contributed by atoms with Crippen molar-refractivity contribution in [2.75, 3.05) is 33.2 Å². The molecule has 1 rings (SSSR count). The van der Waals surface area contributed by atoms with Crippen molar-refractivity contribution in [1.82, 2.24) is 9.80 Å². The third-order valence-electron chi connectivity index (χ3n) is 2.63. The summed E-state index contributed by atoms with van der Waals surface area (Å²) in [6, 6.07) is -0.166. The van der Waals surface area contributed by atoms with Crippen LogP contribution in [-0.2, 0) is 4.79 Å². The summed E-state index contributed by atoms with van der Waals surface area (Å²) in [7, 11) is 1.84. The van der Waals surface area contributed by atoms with Crippen molar-refractivity contribution >= 4 is 5.91 Å². The Morgan fingerprint density at radius 1 is 1.64 bits per heavy atom. The van der Waals surface area contributed by atoms with Crippen molar-refractivity contribution in [2.45, 2.75) is 12.5 Å². The Balaban J connectivity index is 2.74. The molecule has 1 saturated heterocycles. The summed E-state index contributed by atoms with van der Waals surface area (Å²) < 4.78 is 0. The maximum Gasteiger partial charge on any atom is 0.240 e. The van der Waals surface area contributed by atoms with Gasteiger partial charge in [-0.2, -0.15) is 0 Å². The summed E-state index contributed by atoms with van der Waals surface area (Å²) in [5.41, 5.74) is 5.62. The van der Waals surface area contributed by atoms with Crippen LogP contribution < -0.4 is 5.73 Å². The first-order chi connectivity index (χ1) is 6.70. The van der Waals surface area contributed by atoms with Crippen LogP contribution >= 0.6 is 0 Å². The van der Waals surface area contributed by atoms with Crippen LogP contribution in [0.3, 0.4) is 0 Å². The summed E-state index contributed by atoms with van der Waals surface area (Å²) in [5.74, 6) is 0.131. The predicted octanol–water partition coefficient (Wildman–Crippen LogP) is -0.336. The lowest BCUT2D eigenvalue weighted by Gasteiger charge is -2.27. The first-order valence-electron chi connectivity index (χ1n) is 5.00. The minimum absolute atomic E-state index is 0.131. The lowest BCUT2D eigenvalue weighted by atomic mass is 10.2. The van der Waals surface area contributed by atoms with Gasteiger partial charge in [0.2, 0.25) is 5.91 Å². The van der Waals surface area contributed by atoms with Gasteiger partial charge in [0, 0.05) is 33.2 Å². The van der Waals surface area contributed by atoms with E-state index in [9.17, 15) is 4.79 Å². The van der Waals surface area contributed by atoms with Gasteiger partial charge in [-0.05, 0) is 6.42 Å². The van der Waals surface area contributed by atoms with Gasteiger partial charge in [0.15, 0.2) is 0 Å². The summed E-state index contributed by atoms with van der Waals surface area (Å²) in [6.45, 7) is 6.56. The van der Waals surface area contributed by atoms with E-state index in [-0.39, 0.29) is 11.9 Å². The molecule has 1 aliphatic heterocycles. The Labute approximate surface area is 85.3 Å². The summed E-state index contributed by atoms with van der Waals surface area (Å²) >= 11 is 0. The minimum Gasteiger partial charge on any atom is -0.344 e. The Morgan fingerprint density at radius 3 is 2.93 bits per heavy atom. The molecular weight excluding hydrogens is 178 g/mol.